The molecule has 90 valence electrons. The molecule has 2 nitrogen and oxygen atoms in total. The van der Waals surface area contributed by atoms with Crippen LogP contribution in [0, 0.1) is 20.8 Å². The molecule has 0 aliphatic carbocycles. The molecule has 0 radical (unpaired) electrons. The Labute approximate surface area is 108 Å². The van der Waals surface area contributed by atoms with E-state index in [0.717, 1.165) is 22.5 Å². The molecule has 3 rings (SSSR count). The second-order valence-corrected chi connectivity index (χ2v) is 4.89. The Bertz CT molecular complexity index is 590. The molecule has 0 spiro atoms. The Morgan fingerprint density at radius 3 is 2.28 bits per heavy atom. The predicted octanol–water partition coefficient (Wildman–Crippen LogP) is 2.78. The molecule has 0 atom stereocenters. The highest BCUT2D eigenvalue weighted by atomic mass is 16.6. The van der Waals surface area contributed by atoms with E-state index in [1.54, 1.807) is 0 Å². The van der Waals surface area contributed by atoms with Crippen LogP contribution in [0.3, 0.4) is 0 Å². The van der Waals surface area contributed by atoms with Crippen LogP contribution in [-0.2, 0) is 0 Å². The van der Waals surface area contributed by atoms with Gasteiger partial charge in [0.05, 0.1) is 0 Å². The molecule has 0 N–H and O–H groups in total. The van der Waals surface area contributed by atoms with Crippen LogP contribution < -0.4 is 14.8 Å². The summed E-state index contributed by atoms with van der Waals surface area (Å²) >= 11 is 0. The molecule has 1 aliphatic heterocycles. The summed E-state index contributed by atoms with van der Waals surface area (Å²) in [6.07, 6.45) is 0. The fourth-order valence-corrected chi connectivity index (χ4v) is 2.26. The lowest BCUT2D eigenvalue weighted by atomic mass is 9.79. The molecule has 0 unspecified atom stereocenters. The van der Waals surface area contributed by atoms with Crippen molar-refractivity contribution >= 4 is 12.6 Å². The summed E-state index contributed by atoms with van der Waals surface area (Å²) in [5.74, 6) is 1.71. The lowest BCUT2D eigenvalue weighted by molar-refractivity contribution is 0.517. The third-order valence-electron chi connectivity index (χ3n) is 3.19. The fraction of sp³-hybridized carbons (Fsp3) is 0.200. The first-order valence-corrected chi connectivity index (χ1v) is 6.14. The van der Waals surface area contributed by atoms with Gasteiger partial charge in [0.15, 0.2) is 0 Å². The number of aryl methyl sites for hydroxylation is 3. The second-order valence-electron chi connectivity index (χ2n) is 4.89. The first-order chi connectivity index (χ1) is 8.63. The number of hydrogen-bond donors (Lipinski definition) is 0. The van der Waals surface area contributed by atoms with E-state index < -0.39 is 0 Å². The molecule has 1 aliphatic rings. The lowest BCUT2D eigenvalue weighted by Gasteiger charge is -2.05. The maximum atomic E-state index is 5.90. The topological polar surface area (TPSA) is 18.5 Å². The Morgan fingerprint density at radius 2 is 1.56 bits per heavy atom. The first kappa shape index (κ1) is 11.2. The number of rotatable bonds is 1. The van der Waals surface area contributed by atoms with Crippen LogP contribution in [0.1, 0.15) is 16.7 Å². The summed E-state index contributed by atoms with van der Waals surface area (Å²) in [4.78, 5) is 0. The van der Waals surface area contributed by atoms with Crippen LogP contribution in [-0.4, -0.2) is 7.12 Å². The standard InChI is InChI=1S/C15H15BO2/c1-10-4-6-13(7-5-10)16-17-14-9-11(2)8-12(3)15(14)18-16/h4-9H,1-3H3. The normalized spacial score (nSPS) is 12.9. The van der Waals surface area contributed by atoms with Crippen LogP contribution in [0.4, 0.5) is 0 Å². The highest BCUT2D eigenvalue weighted by Gasteiger charge is 2.34. The Balaban J connectivity index is 1.93. The van der Waals surface area contributed by atoms with Gasteiger partial charge in [0.1, 0.15) is 11.5 Å². The zero-order chi connectivity index (χ0) is 12.7. The molecule has 1 heterocycles. The molecule has 2 aromatic carbocycles. The zero-order valence-electron chi connectivity index (χ0n) is 10.9. The largest absolute Gasteiger partial charge is 0.632 e. The van der Waals surface area contributed by atoms with Crippen molar-refractivity contribution in [3.8, 4) is 11.5 Å². The Hall–Kier alpha value is -1.90. The third kappa shape index (κ3) is 1.86. The van der Waals surface area contributed by atoms with Crippen LogP contribution in [0.2, 0.25) is 0 Å². The summed E-state index contributed by atoms with van der Waals surface area (Å²) in [5, 5.41) is 0. The molecular formula is C15H15BO2. The molecule has 0 aromatic heterocycles. The van der Waals surface area contributed by atoms with Crippen LogP contribution in [0.5, 0.6) is 11.5 Å². The molecule has 2 aromatic rings. The van der Waals surface area contributed by atoms with Gasteiger partial charge in [-0.1, -0.05) is 35.9 Å². The lowest BCUT2D eigenvalue weighted by Crippen LogP contribution is -2.38. The molecule has 18 heavy (non-hydrogen) atoms. The molecular weight excluding hydrogens is 223 g/mol. The van der Waals surface area contributed by atoms with Gasteiger partial charge in [-0.15, -0.1) is 0 Å². The molecule has 3 heteroatoms. The monoisotopic (exact) mass is 238 g/mol. The minimum absolute atomic E-state index is 0.318. The van der Waals surface area contributed by atoms with E-state index in [2.05, 4.69) is 32.0 Å². The van der Waals surface area contributed by atoms with Crippen molar-refractivity contribution in [2.75, 3.05) is 0 Å². The quantitative estimate of drug-likeness (QED) is 0.711. The van der Waals surface area contributed by atoms with E-state index in [1.165, 1.54) is 11.1 Å². The van der Waals surface area contributed by atoms with Gasteiger partial charge < -0.3 is 9.31 Å². The molecule has 0 saturated heterocycles. The van der Waals surface area contributed by atoms with Crippen LogP contribution >= 0.6 is 0 Å². The summed E-state index contributed by atoms with van der Waals surface area (Å²) in [7, 11) is -0.318. The van der Waals surface area contributed by atoms with Gasteiger partial charge >= 0.3 is 7.12 Å². The van der Waals surface area contributed by atoms with Gasteiger partial charge in [0.25, 0.3) is 0 Å². The smallest absolute Gasteiger partial charge is 0.519 e. The van der Waals surface area contributed by atoms with E-state index in [4.69, 9.17) is 9.31 Å². The first-order valence-electron chi connectivity index (χ1n) is 6.14. The van der Waals surface area contributed by atoms with Crippen LogP contribution in [0.25, 0.3) is 0 Å². The highest BCUT2D eigenvalue weighted by molar-refractivity contribution is 6.63. The van der Waals surface area contributed by atoms with Crippen LogP contribution in [0.15, 0.2) is 36.4 Å². The minimum atomic E-state index is -0.318. The van der Waals surface area contributed by atoms with Gasteiger partial charge in [-0.25, -0.2) is 0 Å². The molecule has 0 fully saturated rings. The zero-order valence-corrected chi connectivity index (χ0v) is 10.9. The number of benzene rings is 2. The number of fused-ring (bicyclic) bond motifs is 1. The summed E-state index contributed by atoms with van der Waals surface area (Å²) in [6.45, 7) is 6.19. The van der Waals surface area contributed by atoms with E-state index in [9.17, 15) is 0 Å². The SMILES string of the molecule is Cc1ccc(B2Oc3cc(C)cc(C)c3O2)cc1. The van der Waals surface area contributed by atoms with Crippen molar-refractivity contribution < 1.29 is 9.31 Å². The van der Waals surface area contributed by atoms with Gasteiger partial charge in [-0.05, 0) is 38.0 Å². The van der Waals surface area contributed by atoms with E-state index in [1.807, 2.05) is 25.1 Å². The maximum absolute atomic E-state index is 5.90. The maximum Gasteiger partial charge on any atom is 0.632 e. The third-order valence-corrected chi connectivity index (χ3v) is 3.19. The van der Waals surface area contributed by atoms with Crippen molar-refractivity contribution in [3.63, 3.8) is 0 Å². The Kier molecular flexibility index (Phi) is 2.55. The van der Waals surface area contributed by atoms with Crippen molar-refractivity contribution in [2.24, 2.45) is 0 Å². The van der Waals surface area contributed by atoms with E-state index in [0.29, 0.717) is 0 Å². The number of hydrogen-bond acceptors (Lipinski definition) is 2. The summed E-state index contributed by atoms with van der Waals surface area (Å²) in [6, 6.07) is 12.4. The van der Waals surface area contributed by atoms with Gasteiger partial charge in [0.2, 0.25) is 0 Å². The van der Waals surface area contributed by atoms with Crippen molar-refractivity contribution in [1.82, 2.24) is 0 Å². The van der Waals surface area contributed by atoms with Gasteiger partial charge in [-0.3, -0.25) is 0 Å². The van der Waals surface area contributed by atoms with E-state index >= 15 is 0 Å². The minimum Gasteiger partial charge on any atom is -0.519 e. The average Bonchev–Trinajstić information content (AvgIpc) is 2.74. The summed E-state index contributed by atoms with van der Waals surface area (Å²) < 4.78 is 11.8. The van der Waals surface area contributed by atoms with Gasteiger partial charge in [0, 0.05) is 5.46 Å². The highest BCUT2D eigenvalue weighted by Crippen LogP contribution is 2.37. The fourth-order valence-electron chi connectivity index (χ4n) is 2.26. The van der Waals surface area contributed by atoms with Crippen molar-refractivity contribution in [3.05, 3.63) is 53.1 Å². The second kappa shape index (κ2) is 4.09. The predicted molar refractivity (Wildman–Crippen MR) is 73.7 cm³/mol. The molecule has 0 saturated carbocycles. The van der Waals surface area contributed by atoms with Gasteiger partial charge in [-0.2, -0.15) is 0 Å². The van der Waals surface area contributed by atoms with E-state index in [-0.39, 0.29) is 7.12 Å². The average molecular weight is 238 g/mol. The van der Waals surface area contributed by atoms with Crippen molar-refractivity contribution in [2.45, 2.75) is 20.8 Å². The Morgan fingerprint density at radius 1 is 0.833 bits per heavy atom. The molecule has 0 bridgehead atoms. The summed E-state index contributed by atoms with van der Waals surface area (Å²) in [5.41, 5.74) is 4.61. The molecule has 0 amide bonds. The van der Waals surface area contributed by atoms with Crippen molar-refractivity contribution in [1.29, 1.82) is 0 Å².